The summed E-state index contributed by atoms with van der Waals surface area (Å²) in [5.41, 5.74) is 0.799. The van der Waals surface area contributed by atoms with Gasteiger partial charge in [0.05, 0.1) is 10.7 Å². The lowest BCUT2D eigenvalue weighted by molar-refractivity contribution is 0.586. The number of hydrogen-bond acceptors (Lipinski definition) is 4. The van der Waals surface area contributed by atoms with Crippen LogP contribution in [0.5, 0.6) is 0 Å². The van der Waals surface area contributed by atoms with Gasteiger partial charge in [-0.25, -0.2) is 18.7 Å². The van der Waals surface area contributed by atoms with Gasteiger partial charge in [0, 0.05) is 18.2 Å². The van der Waals surface area contributed by atoms with Crippen molar-refractivity contribution in [3.05, 3.63) is 40.7 Å². The maximum Gasteiger partial charge on any atom is 0.151 e. The van der Waals surface area contributed by atoms with E-state index in [2.05, 4.69) is 20.6 Å². The van der Waals surface area contributed by atoms with Gasteiger partial charge < -0.3 is 10.6 Å². The van der Waals surface area contributed by atoms with Crippen molar-refractivity contribution in [2.24, 2.45) is 0 Å². The minimum Gasteiger partial charge on any atom is -0.370 e. The second kappa shape index (κ2) is 6.67. The quantitative estimate of drug-likeness (QED) is 0.871. The molecule has 7 heteroatoms. The molecule has 1 aromatic heterocycles. The Bertz CT molecular complexity index is 626. The Hall–Kier alpha value is -1.95. The largest absolute Gasteiger partial charge is 0.370 e. The molecule has 0 aliphatic carbocycles. The van der Waals surface area contributed by atoms with Crippen LogP contribution < -0.4 is 10.6 Å². The Morgan fingerprint density at radius 2 is 1.86 bits per heavy atom. The number of rotatable bonds is 5. The van der Waals surface area contributed by atoms with E-state index in [0.717, 1.165) is 17.7 Å². The molecule has 0 radical (unpaired) electrons. The maximum absolute atomic E-state index is 13.8. The van der Waals surface area contributed by atoms with Crippen molar-refractivity contribution < 1.29 is 8.78 Å². The second-order valence-electron chi connectivity index (χ2n) is 4.30. The summed E-state index contributed by atoms with van der Waals surface area (Å²) in [5, 5.41) is 5.89. The van der Waals surface area contributed by atoms with E-state index in [1.54, 1.807) is 0 Å². The van der Waals surface area contributed by atoms with Crippen LogP contribution >= 0.6 is 11.6 Å². The van der Waals surface area contributed by atoms with Gasteiger partial charge in [0.15, 0.2) is 5.82 Å². The van der Waals surface area contributed by atoms with Crippen molar-refractivity contribution >= 4 is 28.9 Å². The van der Waals surface area contributed by atoms with Crippen LogP contribution in [-0.4, -0.2) is 16.5 Å². The molecule has 0 aliphatic heterocycles. The molecule has 0 saturated heterocycles. The number of halogens is 3. The third-order valence-corrected chi connectivity index (χ3v) is 3.19. The Labute approximate surface area is 126 Å². The summed E-state index contributed by atoms with van der Waals surface area (Å²) in [6.07, 6.45) is 2.01. The van der Waals surface area contributed by atoms with Gasteiger partial charge in [-0.15, -0.1) is 0 Å². The fourth-order valence-corrected chi connectivity index (χ4v) is 2.20. The molecule has 0 bridgehead atoms. The summed E-state index contributed by atoms with van der Waals surface area (Å²) in [5.74, 6) is -0.382. The van der Waals surface area contributed by atoms with Crippen LogP contribution in [0.15, 0.2) is 18.5 Å². The average molecular weight is 313 g/mol. The average Bonchev–Trinajstić information content (AvgIpc) is 2.43. The Morgan fingerprint density at radius 3 is 2.48 bits per heavy atom. The molecule has 1 heterocycles. The van der Waals surface area contributed by atoms with Gasteiger partial charge in [-0.2, -0.15) is 0 Å². The lowest BCUT2D eigenvalue weighted by atomic mass is 10.2. The van der Waals surface area contributed by atoms with Gasteiger partial charge in [-0.3, -0.25) is 0 Å². The normalized spacial score (nSPS) is 10.5. The third-order valence-electron chi connectivity index (χ3n) is 2.89. The SMILES string of the molecule is CCNc1ncnc(Nc2c(F)cc(F)cc2Cl)c1CC. The van der Waals surface area contributed by atoms with Crippen molar-refractivity contribution in [2.75, 3.05) is 17.2 Å². The van der Waals surface area contributed by atoms with Crippen LogP contribution in [0.3, 0.4) is 0 Å². The summed E-state index contributed by atoms with van der Waals surface area (Å²) in [6.45, 7) is 4.59. The lowest BCUT2D eigenvalue weighted by Crippen LogP contribution is -2.08. The topological polar surface area (TPSA) is 49.8 Å². The highest BCUT2D eigenvalue weighted by atomic mass is 35.5. The van der Waals surface area contributed by atoms with E-state index >= 15 is 0 Å². The number of anilines is 3. The van der Waals surface area contributed by atoms with E-state index in [-0.39, 0.29) is 10.7 Å². The molecule has 0 spiro atoms. The first-order chi connectivity index (χ1) is 10.1. The van der Waals surface area contributed by atoms with E-state index in [1.807, 2.05) is 13.8 Å². The van der Waals surface area contributed by atoms with Crippen LogP contribution in [0.1, 0.15) is 19.4 Å². The standard InChI is InChI=1S/C14H15ClF2N4/c1-3-9-13(18-4-2)19-7-20-14(9)21-12-10(15)5-8(16)6-11(12)17/h5-7H,3-4H2,1-2H3,(H2,18,19,20,21). The van der Waals surface area contributed by atoms with Gasteiger partial charge >= 0.3 is 0 Å². The van der Waals surface area contributed by atoms with Crippen LogP contribution in [0, 0.1) is 11.6 Å². The first kappa shape index (κ1) is 15.4. The molecule has 2 aromatic rings. The molecule has 4 nitrogen and oxygen atoms in total. The molecule has 112 valence electrons. The number of nitrogens with one attached hydrogen (secondary N) is 2. The smallest absolute Gasteiger partial charge is 0.151 e. The highest BCUT2D eigenvalue weighted by molar-refractivity contribution is 6.33. The third kappa shape index (κ3) is 3.39. The van der Waals surface area contributed by atoms with E-state index < -0.39 is 11.6 Å². The number of hydrogen-bond donors (Lipinski definition) is 2. The van der Waals surface area contributed by atoms with Crippen molar-refractivity contribution in [1.29, 1.82) is 0 Å². The van der Waals surface area contributed by atoms with E-state index in [9.17, 15) is 8.78 Å². The fourth-order valence-electron chi connectivity index (χ4n) is 1.95. The molecule has 0 unspecified atom stereocenters. The molecule has 0 amide bonds. The highest BCUT2D eigenvalue weighted by Gasteiger charge is 2.14. The molecular weight excluding hydrogens is 298 g/mol. The van der Waals surface area contributed by atoms with Gasteiger partial charge in [-0.05, 0) is 19.4 Å². The molecule has 0 aliphatic rings. The van der Waals surface area contributed by atoms with Gasteiger partial charge in [0.25, 0.3) is 0 Å². The Morgan fingerprint density at radius 1 is 1.14 bits per heavy atom. The Kier molecular flexibility index (Phi) is 4.90. The zero-order valence-corrected chi connectivity index (χ0v) is 12.4. The summed E-state index contributed by atoms with van der Waals surface area (Å²) >= 11 is 5.88. The monoisotopic (exact) mass is 312 g/mol. The van der Waals surface area contributed by atoms with Crippen LogP contribution in [-0.2, 0) is 6.42 Å². The maximum atomic E-state index is 13.8. The van der Waals surface area contributed by atoms with Crippen LogP contribution in [0.25, 0.3) is 0 Å². The number of nitrogens with zero attached hydrogens (tertiary/aromatic N) is 2. The molecule has 21 heavy (non-hydrogen) atoms. The van der Waals surface area contributed by atoms with Crippen molar-refractivity contribution in [2.45, 2.75) is 20.3 Å². The molecule has 0 saturated carbocycles. The molecule has 0 atom stereocenters. The number of aromatic nitrogens is 2. The zero-order chi connectivity index (χ0) is 15.4. The lowest BCUT2D eigenvalue weighted by Gasteiger charge is -2.15. The van der Waals surface area contributed by atoms with Gasteiger partial charge in [-0.1, -0.05) is 18.5 Å². The minimum atomic E-state index is -0.773. The molecule has 0 fully saturated rings. The van der Waals surface area contributed by atoms with Crippen molar-refractivity contribution in [3.8, 4) is 0 Å². The molecule has 1 aromatic carbocycles. The minimum absolute atomic E-state index is 0.00563. The predicted molar refractivity (Wildman–Crippen MR) is 80.2 cm³/mol. The first-order valence-electron chi connectivity index (χ1n) is 6.56. The van der Waals surface area contributed by atoms with Crippen LogP contribution in [0.2, 0.25) is 5.02 Å². The van der Waals surface area contributed by atoms with E-state index in [0.29, 0.717) is 24.6 Å². The van der Waals surface area contributed by atoms with E-state index in [1.165, 1.54) is 6.33 Å². The Balaban J connectivity index is 2.42. The summed E-state index contributed by atoms with van der Waals surface area (Å²) in [6, 6.07) is 1.82. The zero-order valence-electron chi connectivity index (χ0n) is 11.7. The summed E-state index contributed by atoms with van der Waals surface area (Å²) < 4.78 is 26.9. The number of benzene rings is 1. The van der Waals surface area contributed by atoms with Gasteiger partial charge in [0.2, 0.25) is 0 Å². The summed E-state index contributed by atoms with van der Waals surface area (Å²) in [7, 11) is 0. The predicted octanol–water partition coefficient (Wildman–Crippen LogP) is 4.15. The van der Waals surface area contributed by atoms with E-state index in [4.69, 9.17) is 11.6 Å². The summed E-state index contributed by atoms with van der Waals surface area (Å²) in [4.78, 5) is 8.26. The highest BCUT2D eigenvalue weighted by Crippen LogP contribution is 2.31. The second-order valence-corrected chi connectivity index (χ2v) is 4.71. The van der Waals surface area contributed by atoms with Crippen molar-refractivity contribution in [3.63, 3.8) is 0 Å². The van der Waals surface area contributed by atoms with Crippen molar-refractivity contribution in [1.82, 2.24) is 9.97 Å². The van der Waals surface area contributed by atoms with Gasteiger partial charge in [0.1, 0.15) is 23.8 Å². The van der Waals surface area contributed by atoms with Crippen LogP contribution in [0.4, 0.5) is 26.1 Å². The fraction of sp³-hybridized carbons (Fsp3) is 0.286. The molecule has 2 N–H and O–H groups in total. The molecule has 2 rings (SSSR count). The first-order valence-corrected chi connectivity index (χ1v) is 6.93. The molecular formula is C14H15ClF2N4.